The molecular weight excluding hydrogens is 534 g/mol. The van der Waals surface area contributed by atoms with Gasteiger partial charge < -0.3 is 20.4 Å². The molecule has 42 heavy (non-hydrogen) atoms. The highest BCUT2D eigenvalue weighted by Crippen LogP contribution is 2.29. The topological polar surface area (TPSA) is 118 Å². The first kappa shape index (κ1) is 29.2. The molecule has 0 radical (unpaired) electrons. The zero-order valence-corrected chi connectivity index (χ0v) is 24.6. The SMILES string of the molecule is CC1=NC(NC(=O)Nc2cccc(C)c2)C(=O)N(CC(=O)N2CCN(CC(=O)N3CCCC3)CC2)c2c(C)cccc21. The van der Waals surface area contributed by atoms with Gasteiger partial charge in [0.15, 0.2) is 0 Å². The van der Waals surface area contributed by atoms with Crippen molar-refractivity contribution in [3.63, 3.8) is 0 Å². The molecule has 2 N–H and O–H groups in total. The van der Waals surface area contributed by atoms with Crippen LogP contribution >= 0.6 is 0 Å². The monoisotopic (exact) mass is 573 g/mol. The van der Waals surface area contributed by atoms with Crippen molar-refractivity contribution in [1.29, 1.82) is 0 Å². The number of benzodiazepines with no additional fused rings is 1. The highest BCUT2D eigenvalue weighted by molar-refractivity contribution is 6.14. The quantitative estimate of drug-likeness (QED) is 0.550. The van der Waals surface area contributed by atoms with E-state index in [0.29, 0.717) is 49.8 Å². The molecule has 3 aliphatic rings. The van der Waals surface area contributed by atoms with Crippen LogP contribution in [0, 0.1) is 13.8 Å². The van der Waals surface area contributed by atoms with Gasteiger partial charge in [0.2, 0.25) is 18.0 Å². The van der Waals surface area contributed by atoms with Crippen molar-refractivity contribution < 1.29 is 19.2 Å². The number of hydrogen-bond donors (Lipinski definition) is 2. The van der Waals surface area contributed by atoms with Gasteiger partial charge in [-0.2, -0.15) is 0 Å². The summed E-state index contributed by atoms with van der Waals surface area (Å²) in [7, 11) is 0. The average Bonchev–Trinajstić information content (AvgIpc) is 3.48. The summed E-state index contributed by atoms with van der Waals surface area (Å²) in [5.74, 6) is -0.523. The maximum Gasteiger partial charge on any atom is 0.321 e. The molecule has 11 heteroatoms. The molecule has 1 unspecified atom stereocenters. The Morgan fingerprint density at radius 1 is 0.857 bits per heavy atom. The predicted octanol–water partition coefficient (Wildman–Crippen LogP) is 2.37. The Morgan fingerprint density at radius 2 is 1.52 bits per heavy atom. The number of benzene rings is 2. The summed E-state index contributed by atoms with van der Waals surface area (Å²) in [4.78, 5) is 64.7. The van der Waals surface area contributed by atoms with E-state index < -0.39 is 18.1 Å². The van der Waals surface area contributed by atoms with Crippen molar-refractivity contribution in [3.05, 3.63) is 59.2 Å². The van der Waals surface area contributed by atoms with Crippen LogP contribution in [0.5, 0.6) is 0 Å². The lowest BCUT2D eigenvalue weighted by Crippen LogP contribution is -2.55. The molecule has 0 spiro atoms. The maximum atomic E-state index is 13.9. The van der Waals surface area contributed by atoms with Crippen molar-refractivity contribution in [2.45, 2.75) is 39.8 Å². The molecule has 0 aromatic heterocycles. The normalized spacial score (nSPS) is 19.2. The van der Waals surface area contributed by atoms with Crippen LogP contribution < -0.4 is 15.5 Å². The van der Waals surface area contributed by atoms with Crippen molar-refractivity contribution in [3.8, 4) is 0 Å². The lowest BCUT2D eigenvalue weighted by molar-refractivity contribution is -0.135. The van der Waals surface area contributed by atoms with E-state index in [1.807, 2.05) is 55.1 Å². The van der Waals surface area contributed by atoms with E-state index in [2.05, 4.69) is 20.5 Å². The smallest absolute Gasteiger partial charge is 0.321 e. The molecule has 1 atom stereocenters. The van der Waals surface area contributed by atoms with Gasteiger partial charge in [0.05, 0.1) is 12.2 Å². The molecular formula is C31H39N7O4. The van der Waals surface area contributed by atoms with Gasteiger partial charge in [0.25, 0.3) is 5.91 Å². The number of piperazine rings is 1. The molecule has 0 bridgehead atoms. The number of anilines is 2. The van der Waals surface area contributed by atoms with E-state index in [-0.39, 0.29) is 18.4 Å². The summed E-state index contributed by atoms with van der Waals surface area (Å²) in [6.07, 6.45) is 0.914. The maximum absolute atomic E-state index is 13.9. The molecule has 2 fully saturated rings. The van der Waals surface area contributed by atoms with E-state index in [0.717, 1.165) is 42.6 Å². The van der Waals surface area contributed by atoms with E-state index in [1.54, 1.807) is 17.9 Å². The van der Waals surface area contributed by atoms with Gasteiger partial charge in [-0.15, -0.1) is 0 Å². The summed E-state index contributed by atoms with van der Waals surface area (Å²) in [6.45, 7) is 9.61. The second-order valence-electron chi connectivity index (χ2n) is 11.2. The Bertz CT molecular complexity index is 1390. The van der Waals surface area contributed by atoms with Crippen molar-refractivity contribution in [2.75, 3.05) is 62.6 Å². The number of amides is 5. The van der Waals surface area contributed by atoms with E-state index in [9.17, 15) is 19.2 Å². The summed E-state index contributed by atoms with van der Waals surface area (Å²) >= 11 is 0. The molecule has 3 aliphatic heterocycles. The van der Waals surface area contributed by atoms with Gasteiger partial charge in [-0.05, 0) is 56.9 Å². The Morgan fingerprint density at radius 3 is 2.24 bits per heavy atom. The summed E-state index contributed by atoms with van der Waals surface area (Å²) in [5.41, 5.74) is 4.37. The van der Waals surface area contributed by atoms with Crippen LogP contribution in [-0.4, -0.2) is 103 Å². The van der Waals surface area contributed by atoms with Crippen LogP contribution in [0.25, 0.3) is 0 Å². The third-order valence-corrected chi connectivity index (χ3v) is 8.10. The molecule has 5 amide bonds. The van der Waals surface area contributed by atoms with Gasteiger partial charge in [-0.25, -0.2) is 4.79 Å². The number of aryl methyl sites for hydroxylation is 2. The molecule has 5 rings (SSSR count). The Balaban J connectivity index is 1.28. The Hall–Kier alpha value is -4.25. The van der Waals surface area contributed by atoms with Gasteiger partial charge >= 0.3 is 6.03 Å². The fraction of sp³-hybridized carbons (Fsp3) is 0.452. The number of carbonyl (C=O) groups excluding carboxylic acids is 4. The molecule has 0 aliphatic carbocycles. The first-order valence-corrected chi connectivity index (χ1v) is 14.6. The van der Waals surface area contributed by atoms with E-state index in [4.69, 9.17) is 0 Å². The zero-order chi connectivity index (χ0) is 29.8. The molecule has 0 saturated carbocycles. The highest BCUT2D eigenvalue weighted by Gasteiger charge is 2.35. The summed E-state index contributed by atoms with van der Waals surface area (Å²) < 4.78 is 0. The third-order valence-electron chi connectivity index (χ3n) is 8.10. The second kappa shape index (κ2) is 12.7. The van der Waals surface area contributed by atoms with Crippen LogP contribution in [0.1, 0.15) is 36.5 Å². The number of fused-ring (bicyclic) bond motifs is 1. The number of hydrogen-bond acceptors (Lipinski definition) is 6. The summed E-state index contributed by atoms with van der Waals surface area (Å²) in [6, 6.07) is 12.4. The fourth-order valence-corrected chi connectivity index (χ4v) is 5.80. The lowest BCUT2D eigenvalue weighted by Gasteiger charge is -2.36. The zero-order valence-electron chi connectivity index (χ0n) is 24.6. The molecule has 2 saturated heterocycles. The number of para-hydroxylation sites is 1. The van der Waals surface area contributed by atoms with Gasteiger partial charge in [-0.3, -0.25) is 29.2 Å². The number of likely N-dealkylation sites (tertiary alicyclic amines) is 1. The van der Waals surface area contributed by atoms with Crippen LogP contribution in [0.15, 0.2) is 47.5 Å². The summed E-state index contributed by atoms with van der Waals surface area (Å²) in [5, 5.41) is 5.46. The number of nitrogens with zero attached hydrogens (tertiary/aromatic N) is 5. The van der Waals surface area contributed by atoms with Crippen LogP contribution in [-0.2, 0) is 14.4 Å². The second-order valence-corrected chi connectivity index (χ2v) is 11.2. The third kappa shape index (κ3) is 6.62. The average molecular weight is 574 g/mol. The standard InChI is InChI=1S/C31H39N7O4/c1-21-8-6-10-24(18-21)33-31(42)34-29-30(41)38(28-22(2)9-7-11-25(28)23(3)32-29)20-27(40)37-16-14-35(15-17-37)19-26(39)36-12-4-5-13-36/h6-11,18,29H,4-5,12-17,19-20H2,1-3H3,(H2,33,34,42). The number of carbonyl (C=O) groups is 4. The number of urea groups is 1. The minimum Gasteiger partial charge on any atom is -0.342 e. The number of rotatable bonds is 6. The number of nitrogens with one attached hydrogen (secondary N) is 2. The minimum atomic E-state index is -1.21. The van der Waals surface area contributed by atoms with Crippen molar-refractivity contribution in [2.24, 2.45) is 4.99 Å². The van der Waals surface area contributed by atoms with E-state index >= 15 is 0 Å². The Labute approximate surface area is 246 Å². The van der Waals surface area contributed by atoms with Gasteiger partial charge in [0, 0.05) is 56.2 Å². The largest absolute Gasteiger partial charge is 0.342 e. The van der Waals surface area contributed by atoms with Crippen LogP contribution in [0.3, 0.4) is 0 Å². The molecule has 11 nitrogen and oxygen atoms in total. The Kier molecular flexibility index (Phi) is 8.86. The molecule has 2 aromatic carbocycles. The first-order valence-electron chi connectivity index (χ1n) is 14.6. The lowest BCUT2D eigenvalue weighted by atomic mass is 10.0. The fourth-order valence-electron chi connectivity index (χ4n) is 5.80. The minimum absolute atomic E-state index is 0.148. The van der Waals surface area contributed by atoms with E-state index in [1.165, 1.54) is 4.90 Å². The van der Waals surface area contributed by atoms with Crippen LogP contribution in [0.2, 0.25) is 0 Å². The van der Waals surface area contributed by atoms with Gasteiger partial charge in [0.1, 0.15) is 6.54 Å². The number of aliphatic imine (C=N–C) groups is 1. The van der Waals surface area contributed by atoms with Crippen LogP contribution in [0.4, 0.5) is 16.2 Å². The van der Waals surface area contributed by atoms with Crippen molar-refractivity contribution in [1.82, 2.24) is 20.0 Å². The molecule has 222 valence electrons. The first-order chi connectivity index (χ1) is 20.2. The highest BCUT2D eigenvalue weighted by atomic mass is 16.2. The predicted molar refractivity (Wildman–Crippen MR) is 162 cm³/mol. The molecule has 2 aromatic rings. The van der Waals surface area contributed by atoms with Gasteiger partial charge in [-0.1, -0.05) is 30.3 Å². The van der Waals surface area contributed by atoms with Crippen molar-refractivity contribution >= 4 is 40.8 Å². The molecule has 3 heterocycles.